The predicted octanol–water partition coefficient (Wildman–Crippen LogP) is 2.99. The molecular formula is C11H16ClNO. The molecule has 78 valence electrons. The zero-order valence-corrected chi connectivity index (χ0v) is 9.74. The molecule has 1 aromatic rings. The molecule has 0 saturated carbocycles. The lowest BCUT2D eigenvalue weighted by Gasteiger charge is -2.18. The van der Waals surface area contributed by atoms with Gasteiger partial charge in [-0.1, -0.05) is 11.6 Å². The van der Waals surface area contributed by atoms with E-state index in [1.807, 2.05) is 27.7 Å². The Balaban J connectivity index is 3.60. The third-order valence-corrected chi connectivity index (χ3v) is 3.18. The normalized spacial score (nSPS) is 13.0. The van der Waals surface area contributed by atoms with Gasteiger partial charge in [0.25, 0.3) is 0 Å². The fraction of sp³-hybridized carbons (Fsp3) is 0.455. The second kappa shape index (κ2) is 3.79. The lowest BCUT2D eigenvalue weighted by Crippen LogP contribution is -2.10. The quantitative estimate of drug-likeness (QED) is 0.754. The van der Waals surface area contributed by atoms with Crippen LogP contribution in [0.5, 0.6) is 5.75 Å². The summed E-state index contributed by atoms with van der Waals surface area (Å²) in [5.74, 6) is 0.172. The molecule has 3 heteroatoms. The molecule has 0 radical (unpaired) electrons. The zero-order valence-electron chi connectivity index (χ0n) is 8.98. The number of rotatable bonds is 1. The summed E-state index contributed by atoms with van der Waals surface area (Å²) in [7, 11) is 0. The average molecular weight is 214 g/mol. The monoisotopic (exact) mass is 213 g/mol. The molecule has 1 rings (SSSR count). The van der Waals surface area contributed by atoms with Crippen LogP contribution in [0.2, 0.25) is 5.02 Å². The van der Waals surface area contributed by atoms with E-state index in [-0.39, 0.29) is 11.8 Å². The highest BCUT2D eigenvalue weighted by atomic mass is 35.5. The molecule has 14 heavy (non-hydrogen) atoms. The Morgan fingerprint density at radius 3 is 2.07 bits per heavy atom. The number of benzene rings is 1. The smallest absolute Gasteiger partial charge is 0.137 e. The van der Waals surface area contributed by atoms with E-state index in [0.29, 0.717) is 5.02 Å². The molecule has 1 unspecified atom stereocenters. The van der Waals surface area contributed by atoms with Crippen LogP contribution in [0.3, 0.4) is 0 Å². The fourth-order valence-corrected chi connectivity index (χ4v) is 2.05. The second-order valence-electron chi connectivity index (χ2n) is 3.74. The van der Waals surface area contributed by atoms with E-state index in [1.165, 1.54) is 0 Å². The summed E-state index contributed by atoms with van der Waals surface area (Å²) >= 11 is 6.00. The van der Waals surface area contributed by atoms with Crippen molar-refractivity contribution in [3.63, 3.8) is 0 Å². The van der Waals surface area contributed by atoms with E-state index in [2.05, 4.69) is 0 Å². The number of halogens is 1. The van der Waals surface area contributed by atoms with Crippen molar-refractivity contribution in [3.05, 3.63) is 27.3 Å². The highest BCUT2D eigenvalue weighted by Gasteiger charge is 2.17. The Kier molecular flexibility index (Phi) is 3.07. The van der Waals surface area contributed by atoms with Gasteiger partial charge in [-0.25, -0.2) is 0 Å². The summed E-state index contributed by atoms with van der Waals surface area (Å²) in [5.41, 5.74) is 9.61. The number of aromatic hydroxyl groups is 1. The SMILES string of the molecule is Cc1c(C)c(C(C)N)c(C)c(Cl)c1O. The van der Waals surface area contributed by atoms with E-state index in [4.69, 9.17) is 17.3 Å². The Morgan fingerprint density at radius 1 is 1.14 bits per heavy atom. The number of nitrogens with two attached hydrogens (primary N) is 1. The molecule has 0 aliphatic carbocycles. The molecule has 3 N–H and O–H groups in total. The van der Waals surface area contributed by atoms with Crippen LogP contribution in [0.1, 0.15) is 35.2 Å². The minimum Gasteiger partial charge on any atom is -0.506 e. The fourth-order valence-electron chi connectivity index (χ4n) is 1.80. The largest absolute Gasteiger partial charge is 0.506 e. The summed E-state index contributed by atoms with van der Waals surface area (Å²) in [6.07, 6.45) is 0. The molecular weight excluding hydrogens is 198 g/mol. The van der Waals surface area contributed by atoms with Crippen LogP contribution in [-0.2, 0) is 0 Å². The van der Waals surface area contributed by atoms with Crippen molar-refractivity contribution in [2.75, 3.05) is 0 Å². The lowest BCUT2D eigenvalue weighted by molar-refractivity contribution is 0.469. The van der Waals surface area contributed by atoms with Crippen molar-refractivity contribution < 1.29 is 5.11 Å². The highest BCUT2D eigenvalue weighted by Crippen LogP contribution is 2.37. The molecule has 1 aromatic carbocycles. The van der Waals surface area contributed by atoms with Crippen molar-refractivity contribution in [2.24, 2.45) is 5.73 Å². The number of phenolic OH excluding ortho intramolecular Hbond substituents is 1. The molecule has 0 heterocycles. The molecule has 2 nitrogen and oxygen atoms in total. The lowest BCUT2D eigenvalue weighted by atomic mass is 9.93. The number of phenols is 1. The summed E-state index contributed by atoms with van der Waals surface area (Å²) < 4.78 is 0. The Morgan fingerprint density at radius 2 is 1.64 bits per heavy atom. The number of hydrogen-bond acceptors (Lipinski definition) is 2. The maximum absolute atomic E-state index is 9.70. The molecule has 0 bridgehead atoms. The first-order chi connectivity index (χ1) is 6.37. The molecule has 0 amide bonds. The van der Waals surface area contributed by atoms with Gasteiger partial charge < -0.3 is 10.8 Å². The van der Waals surface area contributed by atoms with Crippen molar-refractivity contribution in [1.82, 2.24) is 0 Å². The van der Waals surface area contributed by atoms with Gasteiger partial charge in [-0.15, -0.1) is 0 Å². The van der Waals surface area contributed by atoms with Crippen molar-refractivity contribution in [1.29, 1.82) is 0 Å². The highest BCUT2D eigenvalue weighted by molar-refractivity contribution is 6.33. The van der Waals surface area contributed by atoms with Gasteiger partial charge in [-0.2, -0.15) is 0 Å². The topological polar surface area (TPSA) is 46.2 Å². The first-order valence-corrected chi connectivity index (χ1v) is 4.99. The average Bonchev–Trinajstić information content (AvgIpc) is 2.11. The van der Waals surface area contributed by atoms with Crippen LogP contribution >= 0.6 is 11.6 Å². The van der Waals surface area contributed by atoms with Gasteiger partial charge in [0.15, 0.2) is 0 Å². The van der Waals surface area contributed by atoms with Crippen molar-refractivity contribution in [3.8, 4) is 5.75 Å². The van der Waals surface area contributed by atoms with Crippen LogP contribution in [0.15, 0.2) is 0 Å². The maximum Gasteiger partial charge on any atom is 0.137 e. The Bertz CT molecular complexity index is 343. The molecule has 0 saturated heterocycles. The van der Waals surface area contributed by atoms with Crippen LogP contribution in [0, 0.1) is 20.8 Å². The van der Waals surface area contributed by atoms with Crippen LogP contribution in [0.4, 0.5) is 0 Å². The predicted molar refractivity (Wildman–Crippen MR) is 59.9 cm³/mol. The van der Waals surface area contributed by atoms with Gasteiger partial charge in [0.1, 0.15) is 5.75 Å². The van der Waals surface area contributed by atoms with Crippen molar-refractivity contribution in [2.45, 2.75) is 33.7 Å². The first-order valence-electron chi connectivity index (χ1n) is 4.61. The van der Waals surface area contributed by atoms with E-state index in [9.17, 15) is 5.11 Å². The minimum atomic E-state index is -0.0631. The summed E-state index contributed by atoms with van der Waals surface area (Å²) in [6, 6.07) is -0.0631. The summed E-state index contributed by atoms with van der Waals surface area (Å²) in [5, 5.41) is 10.1. The molecule has 0 aliphatic rings. The zero-order chi connectivity index (χ0) is 11.0. The van der Waals surface area contributed by atoms with E-state index in [0.717, 1.165) is 22.3 Å². The molecule has 1 atom stereocenters. The van der Waals surface area contributed by atoms with Gasteiger partial charge in [0, 0.05) is 6.04 Å². The molecule has 0 aliphatic heterocycles. The number of hydrogen-bond donors (Lipinski definition) is 2. The van der Waals surface area contributed by atoms with Gasteiger partial charge in [-0.05, 0) is 49.9 Å². The summed E-state index contributed by atoms with van der Waals surface area (Å²) in [4.78, 5) is 0. The van der Waals surface area contributed by atoms with Gasteiger partial charge in [0.05, 0.1) is 5.02 Å². The standard InChI is InChI=1S/C11H16ClNO/c1-5-6(2)11(14)10(12)7(3)9(5)8(4)13/h8,14H,13H2,1-4H3. The van der Waals surface area contributed by atoms with Crippen LogP contribution < -0.4 is 5.73 Å². The Hall–Kier alpha value is -0.730. The van der Waals surface area contributed by atoms with Crippen LogP contribution in [0.25, 0.3) is 0 Å². The summed E-state index contributed by atoms with van der Waals surface area (Å²) in [6.45, 7) is 7.61. The molecule has 0 fully saturated rings. The van der Waals surface area contributed by atoms with Gasteiger partial charge >= 0.3 is 0 Å². The van der Waals surface area contributed by atoms with E-state index >= 15 is 0 Å². The molecule has 0 spiro atoms. The minimum absolute atomic E-state index is 0.0631. The van der Waals surface area contributed by atoms with Gasteiger partial charge in [0.2, 0.25) is 0 Å². The van der Waals surface area contributed by atoms with Crippen LogP contribution in [-0.4, -0.2) is 5.11 Å². The van der Waals surface area contributed by atoms with Crippen molar-refractivity contribution >= 4 is 11.6 Å². The third-order valence-electron chi connectivity index (χ3n) is 2.72. The second-order valence-corrected chi connectivity index (χ2v) is 4.12. The third kappa shape index (κ3) is 1.60. The van der Waals surface area contributed by atoms with E-state index < -0.39 is 0 Å². The maximum atomic E-state index is 9.70. The Labute approximate surface area is 89.7 Å². The first kappa shape index (κ1) is 11.3. The molecule has 0 aromatic heterocycles. The van der Waals surface area contributed by atoms with Gasteiger partial charge in [-0.3, -0.25) is 0 Å². The van der Waals surface area contributed by atoms with E-state index in [1.54, 1.807) is 0 Å².